The Kier molecular flexibility index (Phi) is 5.81. The Labute approximate surface area is 91.2 Å². The smallest absolute Gasteiger partial charge is 0.119 e. The first-order valence-corrected chi connectivity index (χ1v) is 5.36. The first-order valence-electron chi connectivity index (χ1n) is 5.36. The molecule has 0 heterocycles. The van der Waals surface area contributed by atoms with E-state index in [0.29, 0.717) is 13.2 Å². The molecule has 0 atom stereocenters. The van der Waals surface area contributed by atoms with Crippen LogP contribution in [-0.4, -0.2) is 19.8 Å². The lowest BCUT2D eigenvalue weighted by Gasteiger charge is -2.06. The third kappa shape index (κ3) is 4.81. The Morgan fingerprint density at radius 3 is 2.47 bits per heavy atom. The van der Waals surface area contributed by atoms with Crippen molar-refractivity contribution in [1.82, 2.24) is 0 Å². The molecule has 0 saturated heterocycles. The molecule has 0 unspecified atom stereocenters. The average Bonchev–Trinajstić information content (AvgIpc) is 2.30. The number of rotatable bonds is 7. The van der Waals surface area contributed by atoms with Crippen LogP contribution in [0.5, 0.6) is 5.75 Å². The van der Waals surface area contributed by atoms with Gasteiger partial charge in [0.2, 0.25) is 0 Å². The Bertz CT molecular complexity index is 259. The van der Waals surface area contributed by atoms with E-state index in [0.717, 1.165) is 30.9 Å². The highest BCUT2D eigenvalue weighted by Crippen LogP contribution is 2.11. The highest BCUT2D eigenvalue weighted by Gasteiger charge is 1.94. The van der Waals surface area contributed by atoms with Crippen molar-refractivity contribution in [2.45, 2.75) is 19.9 Å². The molecule has 1 aromatic rings. The van der Waals surface area contributed by atoms with Crippen molar-refractivity contribution in [3.05, 3.63) is 29.8 Å². The summed E-state index contributed by atoms with van der Waals surface area (Å²) in [6, 6.07) is 7.86. The second-order valence-electron chi connectivity index (χ2n) is 3.25. The van der Waals surface area contributed by atoms with Crippen molar-refractivity contribution in [3.8, 4) is 5.75 Å². The van der Waals surface area contributed by atoms with Crippen LogP contribution >= 0.6 is 0 Å². The van der Waals surface area contributed by atoms with Crippen LogP contribution in [0.2, 0.25) is 0 Å². The Morgan fingerprint density at radius 1 is 1.13 bits per heavy atom. The molecule has 0 saturated carbocycles. The fourth-order valence-electron chi connectivity index (χ4n) is 1.22. The lowest BCUT2D eigenvalue weighted by molar-refractivity contribution is 0.131. The quantitative estimate of drug-likeness (QED) is 0.698. The first kappa shape index (κ1) is 12.0. The molecule has 0 aliphatic carbocycles. The summed E-state index contributed by atoms with van der Waals surface area (Å²) in [6.45, 7) is 4.79. The number of benzene rings is 1. The van der Waals surface area contributed by atoms with Crippen LogP contribution in [-0.2, 0) is 11.3 Å². The monoisotopic (exact) mass is 209 g/mol. The second kappa shape index (κ2) is 7.26. The van der Waals surface area contributed by atoms with E-state index in [2.05, 4.69) is 0 Å². The lowest BCUT2D eigenvalue weighted by Crippen LogP contribution is -2.03. The summed E-state index contributed by atoms with van der Waals surface area (Å²) in [4.78, 5) is 0. The number of hydrogen-bond donors (Lipinski definition) is 1. The van der Waals surface area contributed by atoms with Gasteiger partial charge in [-0.05, 0) is 24.6 Å². The van der Waals surface area contributed by atoms with E-state index >= 15 is 0 Å². The summed E-state index contributed by atoms with van der Waals surface area (Å²) >= 11 is 0. The van der Waals surface area contributed by atoms with Gasteiger partial charge in [-0.15, -0.1) is 0 Å². The average molecular weight is 209 g/mol. The maximum Gasteiger partial charge on any atom is 0.119 e. The topological polar surface area (TPSA) is 44.5 Å². The van der Waals surface area contributed by atoms with E-state index < -0.39 is 0 Å². The molecular weight excluding hydrogens is 190 g/mol. The summed E-state index contributed by atoms with van der Waals surface area (Å²) in [5.74, 6) is 0.892. The Hall–Kier alpha value is -1.06. The lowest BCUT2D eigenvalue weighted by atomic mass is 10.2. The van der Waals surface area contributed by atoms with Gasteiger partial charge >= 0.3 is 0 Å². The van der Waals surface area contributed by atoms with E-state index in [1.54, 1.807) is 0 Å². The molecule has 3 nitrogen and oxygen atoms in total. The molecular formula is C12H19NO2. The van der Waals surface area contributed by atoms with E-state index in [1.807, 2.05) is 31.2 Å². The molecule has 0 fully saturated rings. The Morgan fingerprint density at radius 2 is 1.87 bits per heavy atom. The van der Waals surface area contributed by atoms with Gasteiger partial charge in [0.05, 0.1) is 6.61 Å². The molecule has 3 heteroatoms. The molecule has 0 radical (unpaired) electrons. The van der Waals surface area contributed by atoms with Crippen molar-refractivity contribution in [2.75, 3.05) is 19.8 Å². The van der Waals surface area contributed by atoms with E-state index in [-0.39, 0.29) is 0 Å². The van der Waals surface area contributed by atoms with Gasteiger partial charge in [0.25, 0.3) is 0 Å². The summed E-state index contributed by atoms with van der Waals surface area (Å²) < 4.78 is 10.7. The van der Waals surface area contributed by atoms with Crippen molar-refractivity contribution >= 4 is 0 Å². The van der Waals surface area contributed by atoms with Crippen LogP contribution in [0.4, 0.5) is 0 Å². The van der Waals surface area contributed by atoms with Gasteiger partial charge in [-0.25, -0.2) is 0 Å². The van der Waals surface area contributed by atoms with Gasteiger partial charge in [-0.2, -0.15) is 0 Å². The minimum Gasteiger partial charge on any atom is -0.494 e. The summed E-state index contributed by atoms with van der Waals surface area (Å²) in [5, 5.41) is 0. The van der Waals surface area contributed by atoms with E-state index in [1.165, 1.54) is 0 Å². The van der Waals surface area contributed by atoms with Crippen molar-refractivity contribution in [2.24, 2.45) is 5.73 Å². The summed E-state index contributed by atoms with van der Waals surface area (Å²) in [6.07, 6.45) is 0.923. The van der Waals surface area contributed by atoms with Gasteiger partial charge in [-0.3, -0.25) is 0 Å². The normalized spacial score (nSPS) is 10.3. The third-order valence-corrected chi connectivity index (χ3v) is 2.06. The van der Waals surface area contributed by atoms with Crippen molar-refractivity contribution < 1.29 is 9.47 Å². The zero-order chi connectivity index (χ0) is 10.9. The van der Waals surface area contributed by atoms with Crippen LogP contribution < -0.4 is 10.5 Å². The molecule has 0 spiro atoms. The summed E-state index contributed by atoms with van der Waals surface area (Å²) in [5.41, 5.74) is 6.62. The second-order valence-corrected chi connectivity index (χ2v) is 3.25. The highest BCUT2D eigenvalue weighted by molar-refractivity contribution is 5.26. The third-order valence-electron chi connectivity index (χ3n) is 2.06. The SMILES string of the molecule is CCOCCCOc1ccc(CN)cc1. The zero-order valence-corrected chi connectivity index (χ0v) is 9.24. The molecule has 15 heavy (non-hydrogen) atoms. The molecule has 0 aliphatic heterocycles. The fraction of sp³-hybridized carbons (Fsp3) is 0.500. The summed E-state index contributed by atoms with van der Waals surface area (Å²) in [7, 11) is 0. The van der Waals surface area contributed by atoms with Crippen molar-refractivity contribution in [1.29, 1.82) is 0 Å². The maximum absolute atomic E-state index is 5.53. The predicted octanol–water partition coefficient (Wildman–Crippen LogP) is 1.95. The van der Waals surface area contributed by atoms with Gasteiger partial charge in [-0.1, -0.05) is 12.1 Å². The molecule has 1 rings (SSSR count). The molecule has 2 N–H and O–H groups in total. The minimum absolute atomic E-state index is 0.574. The Balaban J connectivity index is 2.20. The van der Waals surface area contributed by atoms with Gasteiger partial charge in [0.15, 0.2) is 0 Å². The molecule has 0 aromatic heterocycles. The zero-order valence-electron chi connectivity index (χ0n) is 9.24. The standard InChI is InChI=1S/C12H19NO2/c1-2-14-8-3-9-15-12-6-4-11(10-13)5-7-12/h4-7H,2-3,8-10,13H2,1H3. The number of hydrogen-bond acceptors (Lipinski definition) is 3. The van der Waals surface area contributed by atoms with E-state index in [9.17, 15) is 0 Å². The number of nitrogens with two attached hydrogens (primary N) is 1. The van der Waals surface area contributed by atoms with Gasteiger partial charge < -0.3 is 15.2 Å². The first-order chi connectivity index (χ1) is 7.36. The molecule has 0 bridgehead atoms. The molecule has 84 valence electrons. The molecule has 0 amide bonds. The van der Waals surface area contributed by atoms with Gasteiger partial charge in [0.1, 0.15) is 5.75 Å². The highest BCUT2D eigenvalue weighted by atomic mass is 16.5. The van der Waals surface area contributed by atoms with Crippen LogP contribution in [0, 0.1) is 0 Å². The largest absolute Gasteiger partial charge is 0.494 e. The van der Waals surface area contributed by atoms with Crippen molar-refractivity contribution in [3.63, 3.8) is 0 Å². The van der Waals surface area contributed by atoms with Crippen LogP contribution in [0.3, 0.4) is 0 Å². The maximum atomic E-state index is 5.53. The van der Waals surface area contributed by atoms with Crippen LogP contribution in [0.1, 0.15) is 18.9 Å². The molecule has 1 aromatic carbocycles. The fourth-order valence-corrected chi connectivity index (χ4v) is 1.22. The predicted molar refractivity (Wildman–Crippen MR) is 60.9 cm³/mol. The van der Waals surface area contributed by atoms with Crippen LogP contribution in [0.15, 0.2) is 24.3 Å². The van der Waals surface area contributed by atoms with Crippen LogP contribution in [0.25, 0.3) is 0 Å². The number of ether oxygens (including phenoxy) is 2. The van der Waals surface area contributed by atoms with E-state index in [4.69, 9.17) is 15.2 Å². The minimum atomic E-state index is 0.574. The molecule has 0 aliphatic rings. The van der Waals surface area contributed by atoms with Gasteiger partial charge in [0, 0.05) is 26.2 Å².